The number of anilines is 1. The van der Waals surface area contributed by atoms with Gasteiger partial charge in [-0.2, -0.15) is 5.10 Å². The van der Waals surface area contributed by atoms with Crippen LogP contribution < -0.4 is 10.2 Å². The Balaban J connectivity index is 1.51. The van der Waals surface area contributed by atoms with E-state index in [1.54, 1.807) is 37.1 Å². The summed E-state index contributed by atoms with van der Waals surface area (Å²) in [5.74, 6) is -0.295. The van der Waals surface area contributed by atoms with E-state index in [2.05, 4.69) is 10.4 Å². The number of amidine groups is 1. The van der Waals surface area contributed by atoms with Gasteiger partial charge >= 0.3 is 5.97 Å². The number of carbonyl (C=O) groups excluding carboxylic acids is 1. The molecular formula is C29H37F2N5O3. The van der Waals surface area contributed by atoms with Crippen LogP contribution >= 0.6 is 0 Å². The fourth-order valence-electron chi connectivity index (χ4n) is 5.92. The summed E-state index contributed by atoms with van der Waals surface area (Å²) in [6.07, 6.45) is 5.67. The first-order valence-electron chi connectivity index (χ1n) is 13.9. The molecule has 2 aromatic rings. The zero-order chi connectivity index (χ0) is 27.5. The van der Waals surface area contributed by atoms with Gasteiger partial charge in [0.2, 0.25) is 0 Å². The minimum atomic E-state index is -2.67. The number of allylic oxidation sites excluding steroid dienone is 1. The van der Waals surface area contributed by atoms with E-state index >= 15 is 0 Å². The van der Waals surface area contributed by atoms with Gasteiger partial charge in [0.25, 0.3) is 6.43 Å². The third-order valence-corrected chi connectivity index (χ3v) is 7.95. The maximum absolute atomic E-state index is 14.3. The Hall–Kier alpha value is -3.27. The predicted octanol–water partition coefficient (Wildman–Crippen LogP) is 5.14. The van der Waals surface area contributed by atoms with E-state index in [-0.39, 0.29) is 29.3 Å². The Kier molecular flexibility index (Phi) is 8.30. The van der Waals surface area contributed by atoms with Crippen LogP contribution in [0.15, 0.2) is 35.8 Å². The third kappa shape index (κ3) is 5.85. The number of aromatic nitrogens is 2. The van der Waals surface area contributed by atoms with E-state index in [4.69, 9.17) is 9.47 Å². The Morgan fingerprint density at radius 3 is 2.74 bits per heavy atom. The highest BCUT2D eigenvalue weighted by Crippen LogP contribution is 2.40. The SMILES string of the molecule is CCOC(=O)C1CCC(NC2CCOCC2)=C(C(=N)N2CCCc3cc(-c4cnn(C)c4)c(C(F)F)cc32)C1. The second-order valence-corrected chi connectivity index (χ2v) is 10.6. The molecule has 0 saturated carbocycles. The molecule has 5 rings (SSSR count). The first kappa shape index (κ1) is 27.3. The molecule has 3 aliphatic rings. The van der Waals surface area contributed by atoms with Gasteiger partial charge in [0.1, 0.15) is 5.84 Å². The van der Waals surface area contributed by atoms with Crippen LogP contribution in [0.4, 0.5) is 14.5 Å². The Morgan fingerprint density at radius 2 is 2.05 bits per heavy atom. The van der Waals surface area contributed by atoms with Crippen LogP contribution in [-0.2, 0) is 27.7 Å². The van der Waals surface area contributed by atoms with Crippen LogP contribution in [-0.4, -0.2) is 54.0 Å². The van der Waals surface area contributed by atoms with Crippen molar-refractivity contribution in [3.05, 3.63) is 46.9 Å². The van der Waals surface area contributed by atoms with E-state index in [1.807, 2.05) is 11.0 Å². The summed E-state index contributed by atoms with van der Waals surface area (Å²) in [6.45, 7) is 4.05. The maximum atomic E-state index is 14.3. The molecule has 1 saturated heterocycles. The van der Waals surface area contributed by atoms with Crippen LogP contribution in [0.1, 0.15) is 63.0 Å². The number of rotatable bonds is 7. The van der Waals surface area contributed by atoms with Crippen molar-refractivity contribution in [2.24, 2.45) is 13.0 Å². The smallest absolute Gasteiger partial charge is 0.309 e. The molecule has 0 spiro atoms. The van der Waals surface area contributed by atoms with Gasteiger partial charge in [-0.1, -0.05) is 0 Å². The number of hydrogen-bond acceptors (Lipinski definition) is 6. The summed E-state index contributed by atoms with van der Waals surface area (Å²) in [4.78, 5) is 14.5. The topological polar surface area (TPSA) is 92.5 Å². The number of hydrogen-bond donors (Lipinski definition) is 2. The number of nitrogens with zero attached hydrogens (tertiary/aromatic N) is 3. The minimum Gasteiger partial charge on any atom is -0.466 e. The van der Waals surface area contributed by atoms with E-state index < -0.39 is 6.43 Å². The van der Waals surface area contributed by atoms with E-state index in [9.17, 15) is 19.0 Å². The van der Waals surface area contributed by atoms with E-state index in [1.165, 1.54) is 0 Å². The molecule has 1 atom stereocenters. The molecule has 3 heterocycles. The van der Waals surface area contributed by atoms with Crippen molar-refractivity contribution in [2.75, 3.05) is 31.3 Å². The third-order valence-electron chi connectivity index (χ3n) is 7.95. The first-order valence-corrected chi connectivity index (χ1v) is 13.9. The van der Waals surface area contributed by atoms with E-state index in [0.29, 0.717) is 62.4 Å². The van der Waals surface area contributed by atoms with Crippen LogP contribution in [0.25, 0.3) is 11.1 Å². The van der Waals surface area contributed by atoms with Crippen molar-refractivity contribution in [1.82, 2.24) is 15.1 Å². The standard InChI is InChI=1S/C29H37F2N5O3/c1-3-39-29(37)19-6-7-25(34-21-8-11-38-12-9-21)24(14-19)28(32)36-10-4-5-18-13-22(20-16-33-35(2)17-20)23(27(30)31)15-26(18)36/h13,15-17,19,21,27,32,34H,3-12,14H2,1-2H3. The van der Waals surface area contributed by atoms with Gasteiger partial charge < -0.3 is 19.7 Å². The number of carbonyl (C=O) groups is 1. The number of fused-ring (bicyclic) bond motifs is 1. The monoisotopic (exact) mass is 541 g/mol. The Labute approximate surface area is 227 Å². The second kappa shape index (κ2) is 11.9. The molecule has 10 heteroatoms. The lowest BCUT2D eigenvalue weighted by atomic mass is 9.84. The molecule has 0 bridgehead atoms. The van der Waals surface area contributed by atoms with Crippen molar-refractivity contribution in [3.8, 4) is 11.1 Å². The average molecular weight is 542 g/mol. The minimum absolute atomic E-state index is 0.0657. The van der Waals surface area contributed by atoms with Crippen molar-refractivity contribution in [3.63, 3.8) is 0 Å². The fourth-order valence-corrected chi connectivity index (χ4v) is 5.92. The molecule has 1 aromatic heterocycles. The number of aryl methyl sites for hydroxylation is 2. The zero-order valence-corrected chi connectivity index (χ0v) is 22.6. The zero-order valence-electron chi connectivity index (χ0n) is 22.6. The van der Waals surface area contributed by atoms with Gasteiger partial charge in [-0.3, -0.25) is 14.9 Å². The van der Waals surface area contributed by atoms with Crippen LogP contribution in [0.2, 0.25) is 0 Å². The molecule has 1 unspecified atom stereocenters. The fraction of sp³-hybridized carbons (Fsp3) is 0.552. The highest BCUT2D eigenvalue weighted by atomic mass is 19.3. The molecule has 2 N–H and O–H groups in total. The number of halogens is 2. The van der Waals surface area contributed by atoms with Gasteiger partial charge in [0.05, 0.1) is 18.7 Å². The highest BCUT2D eigenvalue weighted by Gasteiger charge is 2.34. The number of alkyl halides is 2. The number of nitrogens with one attached hydrogen (secondary N) is 2. The largest absolute Gasteiger partial charge is 0.466 e. The van der Waals surface area contributed by atoms with Gasteiger partial charge in [-0.25, -0.2) is 8.78 Å². The van der Waals surface area contributed by atoms with Crippen LogP contribution in [0.3, 0.4) is 0 Å². The lowest BCUT2D eigenvalue weighted by molar-refractivity contribution is -0.148. The highest BCUT2D eigenvalue weighted by molar-refractivity contribution is 6.09. The van der Waals surface area contributed by atoms with Gasteiger partial charge in [0.15, 0.2) is 0 Å². The lowest BCUT2D eigenvalue weighted by Gasteiger charge is -2.37. The van der Waals surface area contributed by atoms with Crippen molar-refractivity contribution in [1.29, 1.82) is 5.41 Å². The van der Waals surface area contributed by atoms with Crippen molar-refractivity contribution >= 4 is 17.5 Å². The number of esters is 1. The Morgan fingerprint density at radius 1 is 1.26 bits per heavy atom. The number of benzene rings is 1. The summed E-state index contributed by atoms with van der Waals surface area (Å²) in [7, 11) is 1.76. The molecule has 1 fully saturated rings. The second-order valence-electron chi connectivity index (χ2n) is 10.6. The molecule has 39 heavy (non-hydrogen) atoms. The predicted molar refractivity (Wildman–Crippen MR) is 145 cm³/mol. The summed E-state index contributed by atoms with van der Waals surface area (Å²) in [5.41, 5.74) is 4.39. The average Bonchev–Trinajstić information content (AvgIpc) is 3.38. The summed E-state index contributed by atoms with van der Waals surface area (Å²) < 4.78 is 41.1. The molecule has 210 valence electrons. The van der Waals surface area contributed by atoms with Crippen LogP contribution in [0.5, 0.6) is 0 Å². The molecule has 1 aliphatic carbocycles. The lowest BCUT2D eigenvalue weighted by Crippen LogP contribution is -2.42. The van der Waals surface area contributed by atoms with Crippen molar-refractivity contribution in [2.45, 2.75) is 64.3 Å². The number of ether oxygens (including phenoxy) is 2. The molecule has 0 radical (unpaired) electrons. The molecule has 8 nitrogen and oxygen atoms in total. The Bertz CT molecular complexity index is 1250. The molecule has 1 aromatic carbocycles. The first-order chi connectivity index (χ1) is 18.9. The normalized spacial score (nSPS) is 20.2. The van der Waals surface area contributed by atoms with Crippen LogP contribution in [0, 0.1) is 11.3 Å². The molecule has 0 amide bonds. The summed E-state index contributed by atoms with van der Waals surface area (Å²) >= 11 is 0. The molecule has 2 aliphatic heterocycles. The molecular weight excluding hydrogens is 504 g/mol. The van der Waals surface area contributed by atoms with Gasteiger partial charge in [-0.15, -0.1) is 0 Å². The van der Waals surface area contributed by atoms with Gasteiger partial charge in [-0.05, 0) is 75.1 Å². The summed E-state index contributed by atoms with van der Waals surface area (Å²) in [6, 6.07) is 3.63. The summed E-state index contributed by atoms with van der Waals surface area (Å²) in [5, 5.41) is 17.2. The van der Waals surface area contributed by atoms with E-state index in [0.717, 1.165) is 42.5 Å². The van der Waals surface area contributed by atoms with Crippen molar-refractivity contribution < 1.29 is 23.0 Å². The van der Waals surface area contributed by atoms with Gasteiger partial charge in [0, 0.05) is 67.1 Å². The maximum Gasteiger partial charge on any atom is 0.309 e. The quantitative estimate of drug-likeness (QED) is 0.287.